The van der Waals surface area contributed by atoms with Gasteiger partial charge in [0.1, 0.15) is 0 Å². The van der Waals surface area contributed by atoms with Gasteiger partial charge in [0.25, 0.3) is 0 Å². The van der Waals surface area contributed by atoms with E-state index in [-0.39, 0.29) is 29.5 Å². The van der Waals surface area contributed by atoms with Gasteiger partial charge in [-0.05, 0) is 97.4 Å². The van der Waals surface area contributed by atoms with Crippen molar-refractivity contribution >= 4 is 29.9 Å². The molecule has 6 heteroatoms. The number of nitrogens with zero attached hydrogens (tertiary/aromatic N) is 3. The molecule has 2 saturated heterocycles. The van der Waals surface area contributed by atoms with E-state index in [4.69, 9.17) is 4.99 Å². The molecule has 0 radical (unpaired) electrons. The molecule has 2 aliphatic heterocycles. The zero-order chi connectivity index (χ0) is 19.1. The van der Waals surface area contributed by atoms with Gasteiger partial charge in [-0.2, -0.15) is 0 Å². The molecule has 3 rings (SSSR count). The molecule has 0 aromatic heterocycles. The quantitative estimate of drug-likeness (QED) is 0.340. The predicted molar refractivity (Wildman–Crippen MR) is 131 cm³/mol. The molecule has 2 N–H and O–H groups in total. The highest BCUT2D eigenvalue weighted by molar-refractivity contribution is 14.0. The van der Waals surface area contributed by atoms with Gasteiger partial charge >= 0.3 is 0 Å². The van der Waals surface area contributed by atoms with Gasteiger partial charge in [0.15, 0.2) is 5.96 Å². The first-order valence-corrected chi connectivity index (χ1v) is 11.6. The fraction of sp³-hybridized carbons (Fsp3) is 0.955. The van der Waals surface area contributed by atoms with Crippen LogP contribution in [0.15, 0.2) is 4.99 Å². The first kappa shape index (κ1) is 24.2. The Hall–Kier alpha value is -0.0800. The second-order valence-electron chi connectivity index (χ2n) is 9.37. The fourth-order valence-corrected chi connectivity index (χ4v) is 5.12. The first-order chi connectivity index (χ1) is 13.1. The van der Waals surface area contributed by atoms with Crippen molar-refractivity contribution in [1.82, 2.24) is 20.4 Å². The van der Waals surface area contributed by atoms with Crippen LogP contribution in [0.4, 0.5) is 0 Å². The molecule has 0 amide bonds. The van der Waals surface area contributed by atoms with E-state index in [1.165, 1.54) is 84.0 Å². The summed E-state index contributed by atoms with van der Waals surface area (Å²) in [5.41, 5.74) is 0.274. The zero-order valence-electron chi connectivity index (χ0n) is 18.5. The number of halogens is 1. The monoisotopic (exact) mass is 505 g/mol. The van der Waals surface area contributed by atoms with Crippen LogP contribution in [-0.4, -0.2) is 73.7 Å². The van der Waals surface area contributed by atoms with E-state index >= 15 is 0 Å². The van der Waals surface area contributed by atoms with Gasteiger partial charge in [0.05, 0.1) is 6.54 Å². The van der Waals surface area contributed by atoms with Crippen LogP contribution in [0.3, 0.4) is 0 Å². The van der Waals surface area contributed by atoms with Crippen LogP contribution in [0.2, 0.25) is 0 Å². The minimum atomic E-state index is 0. The predicted octanol–water partition coefficient (Wildman–Crippen LogP) is 3.69. The molecule has 1 aliphatic carbocycles. The number of piperidine rings is 2. The number of hydrogen-bond acceptors (Lipinski definition) is 3. The third-order valence-electron chi connectivity index (χ3n) is 7.18. The molecule has 0 aromatic rings. The van der Waals surface area contributed by atoms with Crippen molar-refractivity contribution in [2.45, 2.75) is 83.2 Å². The summed E-state index contributed by atoms with van der Waals surface area (Å²) in [6.45, 7) is 11.4. The summed E-state index contributed by atoms with van der Waals surface area (Å²) < 4.78 is 0. The highest BCUT2D eigenvalue weighted by Gasteiger charge is 2.39. The fourth-order valence-electron chi connectivity index (χ4n) is 5.12. The SMILES string of the molecule is CCNC(=NCC1(N2CCCCC2)CCN(C)CC1)NC1CCC(C)CC1.I. The van der Waals surface area contributed by atoms with E-state index in [1.807, 2.05) is 0 Å². The molecule has 0 atom stereocenters. The van der Waals surface area contributed by atoms with Crippen LogP contribution in [0.5, 0.6) is 0 Å². The minimum absolute atomic E-state index is 0. The van der Waals surface area contributed by atoms with Crippen molar-refractivity contribution in [3.8, 4) is 0 Å². The summed E-state index contributed by atoms with van der Waals surface area (Å²) in [6, 6.07) is 0.599. The molecule has 0 bridgehead atoms. The highest BCUT2D eigenvalue weighted by atomic mass is 127. The maximum Gasteiger partial charge on any atom is 0.191 e. The molecule has 0 aromatic carbocycles. The lowest BCUT2D eigenvalue weighted by Crippen LogP contribution is -2.58. The number of hydrogen-bond donors (Lipinski definition) is 2. The molecule has 2 heterocycles. The Bertz CT molecular complexity index is 462. The molecular formula is C22H44IN5. The number of aliphatic imine (C=N–C) groups is 1. The Morgan fingerprint density at radius 1 is 1.00 bits per heavy atom. The third kappa shape index (κ3) is 6.73. The van der Waals surface area contributed by atoms with Crippen LogP contribution in [0, 0.1) is 5.92 Å². The summed E-state index contributed by atoms with van der Waals surface area (Å²) in [4.78, 5) is 10.4. The van der Waals surface area contributed by atoms with Crippen LogP contribution < -0.4 is 10.6 Å². The summed E-state index contributed by atoms with van der Waals surface area (Å²) in [5.74, 6) is 1.94. The standard InChI is InChI=1S/C22H43N5.HI/c1-4-23-21(25-20-10-8-19(2)9-11-20)24-18-22(12-16-26(3)17-13-22)27-14-6-5-7-15-27;/h19-20H,4-18H2,1-3H3,(H2,23,24,25);1H. The summed E-state index contributed by atoms with van der Waals surface area (Å²) in [5, 5.41) is 7.28. The van der Waals surface area contributed by atoms with Crippen molar-refractivity contribution in [1.29, 1.82) is 0 Å². The summed E-state index contributed by atoms with van der Waals surface area (Å²) >= 11 is 0. The number of guanidine groups is 1. The minimum Gasteiger partial charge on any atom is -0.357 e. The lowest BCUT2D eigenvalue weighted by Gasteiger charge is -2.49. The Kier molecular flexibility index (Phi) is 10.3. The van der Waals surface area contributed by atoms with Gasteiger partial charge in [-0.3, -0.25) is 9.89 Å². The van der Waals surface area contributed by atoms with Crippen molar-refractivity contribution < 1.29 is 0 Å². The van der Waals surface area contributed by atoms with Crippen LogP contribution >= 0.6 is 24.0 Å². The maximum atomic E-state index is 5.16. The van der Waals surface area contributed by atoms with Crippen molar-refractivity contribution in [2.75, 3.05) is 46.3 Å². The lowest BCUT2D eigenvalue weighted by atomic mass is 9.84. The Morgan fingerprint density at radius 2 is 1.64 bits per heavy atom. The molecule has 0 unspecified atom stereocenters. The Morgan fingerprint density at radius 3 is 2.25 bits per heavy atom. The first-order valence-electron chi connectivity index (χ1n) is 11.6. The number of nitrogens with one attached hydrogen (secondary N) is 2. The smallest absolute Gasteiger partial charge is 0.191 e. The average Bonchev–Trinajstić information content (AvgIpc) is 2.70. The molecule has 5 nitrogen and oxygen atoms in total. The van der Waals surface area contributed by atoms with Crippen LogP contribution in [0.1, 0.15) is 71.6 Å². The second kappa shape index (κ2) is 11.9. The van der Waals surface area contributed by atoms with Crippen molar-refractivity contribution in [2.24, 2.45) is 10.9 Å². The van der Waals surface area contributed by atoms with E-state index in [0.29, 0.717) is 6.04 Å². The molecular weight excluding hydrogens is 461 g/mol. The molecule has 0 spiro atoms. The number of rotatable bonds is 5. The van der Waals surface area contributed by atoms with Gasteiger partial charge in [0, 0.05) is 18.1 Å². The highest BCUT2D eigenvalue weighted by Crippen LogP contribution is 2.32. The Labute approximate surface area is 190 Å². The zero-order valence-corrected chi connectivity index (χ0v) is 20.8. The largest absolute Gasteiger partial charge is 0.357 e. The van der Waals surface area contributed by atoms with E-state index in [2.05, 4.69) is 41.3 Å². The summed E-state index contributed by atoms with van der Waals surface area (Å²) in [6.07, 6.45) is 11.9. The van der Waals surface area contributed by atoms with Gasteiger partial charge in [-0.25, -0.2) is 0 Å². The molecule has 3 fully saturated rings. The van der Waals surface area contributed by atoms with E-state index in [1.54, 1.807) is 0 Å². The van der Waals surface area contributed by atoms with E-state index in [0.717, 1.165) is 25.0 Å². The average molecular weight is 506 g/mol. The van der Waals surface area contributed by atoms with Crippen LogP contribution in [-0.2, 0) is 0 Å². The van der Waals surface area contributed by atoms with Gasteiger partial charge in [0.2, 0.25) is 0 Å². The van der Waals surface area contributed by atoms with E-state index < -0.39 is 0 Å². The molecule has 3 aliphatic rings. The maximum absolute atomic E-state index is 5.16. The van der Waals surface area contributed by atoms with Gasteiger partial charge < -0.3 is 15.5 Å². The molecule has 164 valence electrons. The lowest BCUT2D eigenvalue weighted by molar-refractivity contribution is 0.0208. The molecule has 1 saturated carbocycles. The Balaban J connectivity index is 0.00000280. The van der Waals surface area contributed by atoms with Gasteiger partial charge in [-0.1, -0.05) is 13.3 Å². The summed E-state index contributed by atoms with van der Waals surface area (Å²) in [7, 11) is 2.26. The molecule has 28 heavy (non-hydrogen) atoms. The van der Waals surface area contributed by atoms with E-state index in [9.17, 15) is 0 Å². The van der Waals surface area contributed by atoms with Crippen molar-refractivity contribution in [3.05, 3.63) is 0 Å². The van der Waals surface area contributed by atoms with Crippen molar-refractivity contribution in [3.63, 3.8) is 0 Å². The van der Waals surface area contributed by atoms with Gasteiger partial charge in [-0.15, -0.1) is 24.0 Å². The third-order valence-corrected chi connectivity index (χ3v) is 7.18. The second-order valence-corrected chi connectivity index (χ2v) is 9.37. The normalized spacial score (nSPS) is 29.8. The van der Waals surface area contributed by atoms with Crippen LogP contribution in [0.25, 0.3) is 0 Å². The number of likely N-dealkylation sites (tertiary alicyclic amines) is 2. The topological polar surface area (TPSA) is 42.9 Å².